The van der Waals surface area contributed by atoms with E-state index in [1.54, 1.807) is 0 Å². The van der Waals surface area contributed by atoms with Gasteiger partial charge in [0.25, 0.3) is 0 Å². The van der Waals surface area contributed by atoms with Crippen molar-refractivity contribution in [1.29, 1.82) is 0 Å². The van der Waals surface area contributed by atoms with Crippen molar-refractivity contribution in [1.82, 2.24) is 4.98 Å². The molecule has 1 aromatic heterocycles. The maximum Gasteiger partial charge on any atom is 0.140 e. The summed E-state index contributed by atoms with van der Waals surface area (Å²) >= 11 is 23.0. The van der Waals surface area contributed by atoms with E-state index in [9.17, 15) is 15.4 Å². The molecule has 0 radical (unpaired) electrons. The number of aromatic nitrogens is 1. The van der Waals surface area contributed by atoms with Crippen LogP contribution in [0.3, 0.4) is 0 Å². The van der Waals surface area contributed by atoms with E-state index in [1.807, 2.05) is 0 Å². The Balaban J connectivity index is 2.61. The van der Waals surface area contributed by atoms with Crippen molar-refractivity contribution in [2.75, 3.05) is 5.23 Å². The number of nitrogens with zero attached hydrogens (tertiary/aromatic N) is 1. The van der Waals surface area contributed by atoms with E-state index in [2.05, 4.69) is 4.98 Å². The summed E-state index contributed by atoms with van der Waals surface area (Å²) in [7, 11) is 0. The van der Waals surface area contributed by atoms with Gasteiger partial charge in [0.15, 0.2) is 0 Å². The lowest BCUT2D eigenvalue weighted by molar-refractivity contribution is 0.208. The fourth-order valence-electron chi connectivity index (χ4n) is 1.79. The maximum atomic E-state index is 11.1. The van der Waals surface area contributed by atoms with Crippen LogP contribution in [0.15, 0.2) is 12.1 Å². The number of H-pyrrole nitrogens is 1. The number of aromatic amines is 1. The molecule has 0 fully saturated rings. The number of aromatic hydroxyl groups is 1. The number of nitrogens with one attached hydrogen (secondary N) is 1. The molecule has 0 saturated carbocycles. The van der Waals surface area contributed by atoms with Crippen molar-refractivity contribution in [3.05, 3.63) is 48.8 Å². The van der Waals surface area contributed by atoms with E-state index in [-0.39, 0.29) is 31.5 Å². The van der Waals surface area contributed by atoms with Crippen LogP contribution in [-0.2, 0) is 0 Å². The molecule has 0 aliphatic carbocycles. The normalized spacial score (nSPS) is 12.5. The van der Waals surface area contributed by atoms with Gasteiger partial charge in [0.2, 0.25) is 0 Å². The van der Waals surface area contributed by atoms with Gasteiger partial charge >= 0.3 is 0 Å². The van der Waals surface area contributed by atoms with Gasteiger partial charge in [-0.2, -0.15) is 0 Å². The Hall–Kier alpha value is -0.860. The molecule has 0 aliphatic rings. The topological polar surface area (TPSA) is 103 Å². The highest BCUT2D eigenvalue weighted by molar-refractivity contribution is 6.43. The van der Waals surface area contributed by atoms with Gasteiger partial charge in [0, 0.05) is 10.6 Å². The number of aliphatic hydroxyl groups excluding tert-OH is 1. The minimum atomic E-state index is -1.58. The molecule has 21 heavy (non-hydrogen) atoms. The Bertz CT molecular complexity index is 689. The Labute approximate surface area is 138 Å². The number of hydrogen-bond acceptors (Lipinski definition) is 5. The summed E-state index contributed by atoms with van der Waals surface area (Å²) in [5, 5.41) is 39.4. The number of phenolic OH excluding ortho intramolecular Hbond substituents is 1. The van der Waals surface area contributed by atoms with E-state index < -0.39 is 22.8 Å². The summed E-state index contributed by atoms with van der Waals surface area (Å²) in [5.74, 6) is -0.434. The summed E-state index contributed by atoms with van der Waals surface area (Å²) in [6.45, 7) is 0. The van der Waals surface area contributed by atoms with Gasteiger partial charge in [-0.05, 0) is 12.1 Å². The smallest absolute Gasteiger partial charge is 0.140 e. The molecule has 0 saturated heterocycles. The van der Waals surface area contributed by atoms with Crippen LogP contribution in [0.5, 0.6) is 5.75 Å². The minimum Gasteiger partial charge on any atom is -0.733 e. The first-order valence-electron chi connectivity index (χ1n) is 5.33. The van der Waals surface area contributed by atoms with Crippen molar-refractivity contribution in [3.63, 3.8) is 0 Å². The Morgan fingerprint density at radius 3 is 2.38 bits per heavy atom. The van der Waals surface area contributed by atoms with Gasteiger partial charge < -0.3 is 25.6 Å². The Kier molecular flexibility index (Phi) is 4.79. The lowest BCUT2D eigenvalue weighted by atomic mass is 10.0. The predicted octanol–water partition coefficient (Wildman–Crippen LogP) is 4.11. The number of rotatable bonds is 3. The molecule has 0 aliphatic heterocycles. The number of hydrogen-bond donors (Lipinski definition) is 4. The Morgan fingerprint density at radius 1 is 1.19 bits per heavy atom. The predicted molar refractivity (Wildman–Crippen MR) is 80.6 cm³/mol. The molecule has 1 atom stereocenters. The largest absolute Gasteiger partial charge is 0.733 e. The average molecular weight is 373 g/mol. The SMILES string of the molecule is [O-]N(O)c1c([C@@H](O)c2cc(Cl)cc(Cl)c2O)[nH]c(Cl)c1Cl. The lowest BCUT2D eigenvalue weighted by Gasteiger charge is -2.24. The molecule has 6 nitrogen and oxygen atoms in total. The molecule has 114 valence electrons. The molecule has 4 N–H and O–H groups in total. The van der Waals surface area contributed by atoms with Crippen molar-refractivity contribution >= 4 is 52.1 Å². The Morgan fingerprint density at radius 2 is 1.81 bits per heavy atom. The molecule has 10 heteroatoms. The molecule has 0 bridgehead atoms. The van der Waals surface area contributed by atoms with E-state index >= 15 is 0 Å². The fourth-order valence-corrected chi connectivity index (χ4v) is 2.71. The van der Waals surface area contributed by atoms with Crippen molar-refractivity contribution < 1.29 is 15.4 Å². The van der Waals surface area contributed by atoms with Crippen molar-refractivity contribution in [2.24, 2.45) is 0 Å². The van der Waals surface area contributed by atoms with Gasteiger partial charge in [0.05, 0.1) is 16.4 Å². The van der Waals surface area contributed by atoms with Crippen molar-refractivity contribution in [3.8, 4) is 5.75 Å². The van der Waals surface area contributed by atoms with Crippen LogP contribution >= 0.6 is 46.4 Å². The first-order chi connectivity index (χ1) is 9.73. The van der Waals surface area contributed by atoms with Gasteiger partial charge in [0.1, 0.15) is 22.0 Å². The summed E-state index contributed by atoms with van der Waals surface area (Å²) < 4.78 is 0. The summed E-state index contributed by atoms with van der Waals surface area (Å²) in [6, 6.07) is 2.52. The number of anilines is 1. The summed E-state index contributed by atoms with van der Waals surface area (Å²) in [6.07, 6.45) is -1.58. The second-order valence-corrected chi connectivity index (χ2v) is 5.62. The molecular weight excluding hydrogens is 366 g/mol. The van der Waals surface area contributed by atoms with E-state index in [4.69, 9.17) is 51.6 Å². The van der Waals surface area contributed by atoms with Gasteiger partial charge in [-0.25, -0.2) is 0 Å². The molecule has 0 spiro atoms. The maximum absolute atomic E-state index is 11.1. The lowest BCUT2D eigenvalue weighted by Crippen LogP contribution is -2.12. The zero-order chi connectivity index (χ0) is 15.9. The molecule has 0 unspecified atom stereocenters. The van der Waals surface area contributed by atoms with E-state index in [0.29, 0.717) is 0 Å². The standard InChI is InChI=1S/C11H7Cl4N2O4/c12-3-1-4(9(18)5(13)2-3)10(19)7-8(17(20)21)6(14)11(15)16-7/h1-2,10,16,18-20H/q-1/t10-/m0/s1. The second kappa shape index (κ2) is 6.10. The number of halogens is 4. The first-order valence-corrected chi connectivity index (χ1v) is 6.84. The van der Waals surface area contributed by atoms with Crippen LogP contribution in [0.1, 0.15) is 17.4 Å². The highest BCUT2D eigenvalue weighted by atomic mass is 35.5. The van der Waals surface area contributed by atoms with Crippen LogP contribution < -0.4 is 5.23 Å². The van der Waals surface area contributed by atoms with Crippen LogP contribution in [-0.4, -0.2) is 20.4 Å². The van der Waals surface area contributed by atoms with Crippen LogP contribution in [0.25, 0.3) is 0 Å². The summed E-state index contributed by atoms with van der Waals surface area (Å²) in [4.78, 5) is 2.44. The number of aliphatic hydroxyl groups is 1. The average Bonchev–Trinajstić information content (AvgIpc) is 2.69. The second-order valence-electron chi connectivity index (χ2n) is 4.02. The molecule has 0 amide bonds. The number of benzene rings is 1. The van der Waals surface area contributed by atoms with Gasteiger partial charge in [-0.1, -0.05) is 46.4 Å². The molecule has 1 aromatic carbocycles. The highest BCUT2D eigenvalue weighted by Crippen LogP contribution is 2.43. The molecule has 1 heterocycles. The van der Waals surface area contributed by atoms with Crippen LogP contribution in [0.4, 0.5) is 5.69 Å². The third kappa shape index (κ3) is 3.02. The summed E-state index contributed by atoms with van der Waals surface area (Å²) in [5.41, 5.74) is -0.800. The fraction of sp³-hybridized carbons (Fsp3) is 0.0909. The third-order valence-electron chi connectivity index (χ3n) is 2.72. The minimum absolute atomic E-state index is 0.0924. The van der Waals surface area contributed by atoms with Crippen LogP contribution in [0, 0.1) is 5.21 Å². The number of phenols is 1. The molecular formula is C11H7Cl4N2O4-. The zero-order valence-electron chi connectivity index (χ0n) is 9.94. The highest BCUT2D eigenvalue weighted by Gasteiger charge is 2.26. The quantitative estimate of drug-likeness (QED) is 0.607. The van der Waals surface area contributed by atoms with Gasteiger partial charge in [-0.15, -0.1) is 0 Å². The van der Waals surface area contributed by atoms with E-state index in [0.717, 1.165) is 0 Å². The third-order valence-corrected chi connectivity index (χ3v) is 3.97. The zero-order valence-corrected chi connectivity index (χ0v) is 13.0. The van der Waals surface area contributed by atoms with Crippen LogP contribution in [0.2, 0.25) is 20.2 Å². The van der Waals surface area contributed by atoms with E-state index in [1.165, 1.54) is 12.1 Å². The molecule has 2 aromatic rings. The van der Waals surface area contributed by atoms with Crippen molar-refractivity contribution in [2.45, 2.75) is 6.10 Å². The molecule has 2 rings (SSSR count). The monoisotopic (exact) mass is 371 g/mol. The first kappa shape index (κ1) is 16.5. The van der Waals surface area contributed by atoms with Gasteiger partial charge in [-0.3, -0.25) is 5.21 Å².